The molecule has 28 heavy (non-hydrogen) atoms. The van der Waals surface area contributed by atoms with Crippen molar-refractivity contribution >= 4 is 11.9 Å². The van der Waals surface area contributed by atoms with Crippen LogP contribution in [-0.2, 0) is 23.8 Å². The number of hydrogen-bond donors (Lipinski definition) is 2. The summed E-state index contributed by atoms with van der Waals surface area (Å²) in [4.78, 5) is 25.9. The lowest BCUT2D eigenvalue weighted by molar-refractivity contribution is -0.211. The lowest BCUT2D eigenvalue weighted by Crippen LogP contribution is -2.69. The maximum Gasteiger partial charge on any atom is 0.341 e. The lowest BCUT2D eigenvalue weighted by atomic mass is 9.42. The van der Waals surface area contributed by atoms with Gasteiger partial charge in [-0.25, -0.2) is 4.79 Å². The maximum absolute atomic E-state index is 13.3. The van der Waals surface area contributed by atoms with Gasteiger partial charge in [0.25, 0.3) is 0 Å². The van der Waals surface area contributed by atoms with Gasteiger partial charge in [-0.2, -0.15) is 0 Å². The van der Waals surface area contributed by atoms with Gasteiger partial charge < -0.3 is 28.8 Å². The fraction of sp³-hybridized carbons (Fsp3) is 0.700. The van der Waals surface area contributed by atoms with E-state index in [1.807, 2.05) is 6.92 Å². The monoisotopic (exact) mass is 390 g/mol. The number of esters is 2. The van der Waals surface area contributed by atoms with Crippen LogP contribution in [0.2, 0.25) is 0 Å². The third-order valence-electron chi connectivity index (χ3n) is 8.31. The molecule has 2 saturated carbocycles. The molecule has 0 radical (unpaired) electrons. The minimum absolute atomic E-state index is 0.0191. The van der Waals surface area contributed by atoms with E-state index in [-0.39, 0.29) is 31.0 Å². The summed E-state index contributed by atoms with van der Waals surface area (Å²) in [6, 6.07) is 1.76. The van der Waals surface area contributed by atoms with E-state index in [2.05, 4.69) is 0 Å². The van der Waals surface area contributed by atoms with Crippen molar-refractivity contribution in [1.82, 2.24) is 0 Å². The zero-order chi connectivity index (χ0) is 19.5. The van der Waals surface area contributed by atoms with Crippen molar-refractivity contribution in [2.75, 3.05) is 6.61 Å². The third-order valence-corrected chi connectivity index (χ3v) is 8.31. The molecule has 2 aliphatic carbocycles. The molecule has 3 aliphatic heterocycles. The van der Waals surface area contributed by atoms with E-state index in [4.69, 9.17) is 18.6 Å². The molecule has 9 unspecified atom stereocenters. The minimum Gasteiger partial charge on any atom is -0.472 e. The topological polar surface area (TPSA) is 119 Å². The summed E-state index contributed by atoms with van der Waals surface area (Å²) in [7, 11) is 0. The fourth-order valence-electron chi connectivity index (χ4n) is 6.77. The number of carbonyl (C=O) groups is 2. The van der Waals surface area contributed by atoms with Crippen molar-refractivity contribution in [3.63, 3.8) is 0 Å². The highest BCUT2D eigenvalue weighted by atomic mass is 16.6. The second kappa shape index (κ2) is 4.98. The molecule has 1 aromatic rings. The number of carbonyl (C=O) groups excluding carboxylic acids is 2. The highest BCUT2D eigenvalue weighted by Crippen LogP contribution is 2.71. The van der Waals surface area contributed by atoms with Crippen LogP contribution in [0.1, 0.15) is 37.9 Å². The van der Waals surface area contributed by atoms with Crippen LogP contribution in [0.4, 0.5) is 0 Å². The van der Waals surface area contributed by atoms with Gasteiger partial charge in [0.15, 0.2) is 5.60 Å². The van der Waals surface area contributed by atoms with E-state index < -0.39 is 46.7 Å². The molecule has 0 aromatic carbocycles. The van der Waals surface area contributed by atoms with E-state index in [0.29, 0.717) is 12.8 Å². The van der Waals surface area contributed by atoms with Crippen molar-refractivity contribution in [2.24, 2.45) is 22.7 Å². The van der Waals surface area contributed by atoms with Crippen LogP contribution >= 0.6 is 0 Å². The van der Waals surface area contributed by atoms with Crippen LogP contribution in [0.25, 0.3) is 0 Å². The molecule has 2 N–H and O–H groups in total. The third kappa shape index (κ3) is 1.66. The molecule has 5 aliphatic rings. The van der Waals surface area contributed by atoms with Crippen molar-refractivity contribution in [1.29, 1.82) is 0 Å². The second-order valence-electron chi connectivity index (χ2n) is 9.14. The smallest absolute Gasteiger partial charge is 0.341 e. The van der Waals surface area contributed by atoms with E-state index in [1.165, 1.54) is 6.26 Å². The molecule has 8 nitrogen and oxygen atoms in total. The minimum atomic E-state index is -1.83. The van der Waals surface area contributed by atoms with Gasteiger partial charge in [0, 0.05) is 12.0 Å². The number of furan rings is 1. The SMILES string of the molecule is CC1C(O)CC23COC(=O)C2(O)C2OC2CC3C12CC(c1ccoc1)OC2=O. The molecule has 8 heteroatoms. The summed E-state index contributed by atoms with van der Waals surface area (Å²) >= 11 is 0. The summed E-state index contributed by atoms with van der Waals surface area (Å²) in [5, 5.41) is 22.5. The van der Waals surface area contributed by atoms with Crippen LogP contribution in [0.3, 0.4) is 0 Å². The Morgan fingerprint density at radius 1 is 1.21 bits per heavy atom. The van der Waals surface area contributed by atoms with Gasteiger partial charge in [-0.1, -0.05) is 6.92 Å². The molecule has 1 aromatic heterocycles. The first-order chi connectivity index (χ1) is 13.3. The number of cyclic esters (lactones) is 2. The number of rotatable bonds is 1. The number of aliphatic hydroxyl groups is 2. The number of epoxide rings is 1. The molecular weight excluding hydrogens is 368 g/mol. The zero-order valence-corrected chi connectivity index (χ0v) is 15.4. The number of fused-ring (bicyclic) bond motifs is 3. The number of aliphatic hydroxyl groups excluding tert-OH is 1. The zero-order valence-electron chi connectivity index (χ0n) is 15.4. The second-order valence-corrected chi connectivity index (χ2v) is 9.14. The Morgan fingerprint density at radius 3 is 2.79 bits per heavy atom. The van der Waals surface area contributed by atoms with E-state index in [1.54, 1.807) is 12.3 Å². The Balaban J connectivity index is 1.51. The lowest BCUT2D eigenvalue weighted by Gasteiger charge is -2.58. The van der Waals surface area contributed by atoms with Gasteiger partial charge in [0.2, 0.25) is 0 Å². The van der Waals surface area contributed by atoms with Gasteiger partial charge in [0.05, 0.1) is 35.6 Å². The van der Waals surface area contributed by atoms with Gasteiger partial charge in [-0.15, -0.1) is 0 Å². The Kier molecular flexibility index (Phi) is 3.02. The summed E-state index contributed by atoms with van der Waals surface area (Å²) in [5.41, 5.74) is -3.16. The molecular formula is C20H22O8. The van der Waals surface area contributed by atoms with Crippen LogP contribution in [0, 0.1) is 22.7 Å². The Bertz CT molecular complexity index is 866. The summed E-state index contributed by atoms with van der Waals surface area (Å²) in [6.45, 7) is 1.84. The van der Waals surface area contributed by atoms with Gasteiger partial charge in [-0.05, 0) is 30.7 Å². The molecule has 3 saturated heterocycles. The highest BCUT2D eigenvalue weighted by molar-refractivity contribution is 5.87. The molecule has 0 amide bonds. The molecule has 4 heterocycles. The molecule has 5 fully saturated rings. The van der Waals surface area contributed by atoms with Crippen LogP contribution in [-0.4, -0.2) is 52.7 Å². The molecule has 9 atom stereocenters. The van der Waals surface area contributed by atoms with E-state index >= 15 is 0 Å². The molecule has 150 valence electrons. The highest BCUT2D eigenvalue weighted by Gasteiger charge is 2.83. The average molecular weight is 390 g/mol. The molecule has 2 spiro atoms. The summed E-state index contributed by atoms with van der Waals surface area (Å²) in [5.74, 6) is -1.87. The summed E-state index contributed by atoms with van der Waals surface area (Å²) < 4.78 is 21.9. The van der Waals surface area contributed by atoms with Gasteiger partial charge >= 0.3 is 11.9 Å². The van der Waals surface area contributed by atoms with Crippen molar-refractivity contribution < 1.29 is 38.4 Å². The maximum atomic E-state index is 13.3. The van der Waals surface area contributed by atoms with E-state index in [9.17, 15) is 19.8 Å². The fourth-order valence-corrected chi connectivity index (χ4v) is 6.77. The first kappa shape index (κ1) is 17.0. The van der Waals surface area contributed by atoms with Gasteiger partial charge in [-0.3, -0.25) is 4.79 Å². The van der Waals surface area contributed by atoms with Crippen LogP contribution in [0.15, 0.2) is 23.0 Å². The van der Waals surface area contributed by atoms with Gasteiger partial charge in [0.1, 0.15) is 18.8 Å². The van der Waals surface area contributed by atoms with Crippen LogP contribution < -0.4 is 0 Å². The van der Waals surface area contributed by atoms with Crippen molar-refractivity contribution in [3.05, 3.63) is 24.2 Å². The van der Waals surface area contributed by atoms with Crippen LogP contribution in [0.5, 0.6) is 0 Å². The molecule has 0 bridgehead atoms. The predicted molar refractivity (Wildman–Crippen MR) is 89.5 cm³/mol. The number of ether oxygens (including phenoxy) is 3. The summed E-state index contributed by atoms with van der Waals surface area (Å²) in [6.07, 6.45) is 1.90. The standard InChI is InChI=1S/C20H22O8/c1-9-11(21)5-18-8-26-17(23)20(18,24)15-12(27-15)4-14(18)19(9)6-13(28-16(19)22)10-2-3-25-7-10/h2-3,7,9,11-15,21,24H,4-6,8H2,1H3. The normalized spacial score (nSPS) is 54.0. The Labute approximate surface area is 160 Å². The largest absolute Gasteiger partial charge is 0.472 e. The average Bonchev–Trinajstić information content (AvgIpc) is 3.00. The first-order valence-corrected chi connectivity index (χ1v) is 9.81. The molecule has 6 rings (SSSR count). The Hall–Kier alpha value is -1.90. The quantitative estimate of drug-likeness (QED) is 0.532. The van der Waals surface area contributed by atoms with Crippen molar-refractivity contribution in [3.8, 4) is 0 Å². The Morgan fingerprint density at radius 2 is 2.04 bits per heavy atom. The predicted octanol–water partition coefficient (Wildman–Crippen LogP) is 0.716. The van der Waals surface area contributed by atoms with E-state index in [0.717, 1.165) is 5.56 Å². The first-order valence-electron chi connectivity index (χ1n) is 9.81. The van der Waals surface area contributed by atoms with Crippen molar-refractivity contribution in [2.45, 2.75) is 56.2 Å². The number of hydrogen-bond acceptors (Lipinski definition) is 8.